The van der Waals surface area contributed by atoms with Gasteiger partial charge >= 0.3 is 11.9 Å². The molecule has 0 fully saturated rings. The van der Waals surface area contributed by atoms with Gasteiger partial charge in [-0.25, -0.2) is 0 Å². The van der Waals surface area contributed by atoms with Gasteiger partial charge in [-0.1, -0.05) is 13.2 Å². The lowest BCUT2D eigenvalue weighted by molar-refractivity contribution is -0.141. The third-order valence-electron chi connectivity index (χ3n) is 1.59. The quantitative estimate of drug-likeness (QED) is 0.380. The van der Waals surface area contributed by atoms with Crippen molar-refractivity contribution in [1.29, 1.82) is 0 Å². The Bertz CT molecular complexity index is 261. The molecule has 0 atom stereocenters. The highest BCUT2D eigenvalue weighted by Gasteiger charge is 2.06. The smallest absolute Gasteiger partial charge is 0.310 e. The fraction of sp³-hybridized carbons (Fsp3) is 0.500. The van der Waals surface area contributed by atoms with Crippen molar-refractivity contribution < 1.29 is 19.1 Å². The van der Waals surface area contributed by atoms with Gasteiger partial charge in [-0.3, -0.25) is 9.59 Å². The molecule has 0 radical (unpaired) electrons. The van der Waals surface area contributed by atoms with Gasteiger partial charge in [0.1, 0.15) is 0 Å². The van der Waals surface area contributed by atoms with E-state index in [1.54, 1.807) is 13.8 Å². The average molecular weight is 226 g/mol. The van der Waals surface area contributed by atoms with Gasteiger partial charge in [0, 0.05) is 12.8 Å². The summed E-state index contributed by atoms with van der Waals surface area (Å²) in [5, 5.41) is 0. The summed E-state index contributed by atoms with van der Waals surface area (Å²) in [5.41, 5.74) is 0. The number of unbranched alkanes of at least 4 members (excludes halogenated alkanes) is 1. The maximum Gasteiger partial charge on any atom is 0.310 e. The van der Waals surface area contributed by atoms with E-state index < -0.39 is 0 Å². The lowest BCUT2D eigenvalue weighted by Gasteiger charge is -2.03. The molecule has 0 amide bonds. The molecule has 0 aliphatic carbocycles. The molecule has 0 N–H and O–H groups in total. The fourth-order valence-corrected chi connectivity index (χ4v) is 1.03. The van der Waals surface area contributed by atoms with Crippen LogP contribution in [0.25, 0.3) is 0 Å². The molecule has 0 aromatic heterocycles. The van der Waals surface area contributed by atoms with Gasteiger partial charge in [-0.2, -0.15) is 0 Å². The number of carbonyl (C=O) groups is 2. The van der Waals surface area contributed by atoms with E-state index in [0.717, 1.165) is 0 Å². The van der Waals surface area contributed by atoms with Crippen LogP contribution in [0.15, 0.2) is 24.7 Å². The highest BCUT2D eigenvalue weighted by atomic mass is 16.5. The summed E-state index contributed by atoms with van der Waals surface area (Å²) in [6.07, 6.45) is 1.76. The maximum absolute atomic E-state index is 11.1. The maximum atomic E-state index is 11.1. The predicted octanol–water partition coefficient (Wildman–Crippen LogP) is 2.70. The number of ether oxygens (including phenoxy) is 2. The zero-order chi connectivity index (χ0) is 12.6. The Morgan fingerprint density at radius 2 is 1.19 bits per heavy atom. The molecule has 0 unspecified atom stereocenters. The molecule has 0 bridgehead atoms. The first-order valence-electron chi connectivity index (χ1n) is 5.14. The van der Waals surface area contributed by atoms with Gasteiger partial charge in [-0.05, 0) is 26.7 Å². The number of hydrogen-bond acceptors (Lipinski definition) is 4. The third-order valence-corrected chi connectivity index (χ3v) is 1.59. The largest absolute Gasteiger partial charge is 0.432 e. The molecule has 0 saturated carbocycles. The van der Waals surface area contributed by atoms with E-state index in [1.807, 2.05) is 0 Å². The first-order valence-corrected chi connectivity index (χ1v) is 5.14. The molecule has 16 heavy (non-hydrogen) atoms. The normalized spacial score (nSPS) is 9.38. The Hall–Kier alpha value is -1.58. The Balaban J connectivity index is 3.53. The molecule has 0 saturated heterocycles. The van der Waals surface area contributed by atoms with Crippen LogP contribution in [0.5, 0.6) is 0 Å². The van der Waals surface area contributed by atoms with Crippen molar-refractivity contribution in [3.63, 3.8) is 0 Å². The molecule has 0 aromatic rings. The lowest BCUT2D eigenvalue weighted by atomic mass is 10.2. The third kappa shape index (κ3) is 8.99. The summed E-state index contributed by atoms with van der Waals surface area (Å²) >= 11 is 0. The van der Waals surface area contributed by atoms with Crippen molar-refractivity contribution in [1.82, 2.24) is 0 Å². The highest BCUT2D eigenvalue weighted by molar-refractivity contribution is 5.71. The van der Waals surface area contributed by atoms with E-state index in [0.29, 0.717) is 24.4 Å². The van der Waals surface area contributed by atoms with E-state index in [1.165, 1.54) is 0 Å². The Morgan fingerprint density at radius 1 is 0.875 bits per heavy atom. The topological polar surface area (TPSA) is 52.6 Å². The van der Waals surface area contributed by atoms with Crippen LogP contribution in [0, 0.1) is 0 Å². The lowest BCUT2D eigenvalue weighted by Crippen LogP contribution is -2.04. The summed E-state index contributed by atoms with van der Waals surface area (Å²) in [4.78, 5) is 22.1. The van der Waals surface area contributed by atoms with Crippen molar-refractivity contribution in [2.24, 2.45) is 0 Å². The number of rotatable bonds is 7. The summed E-state index contributed by atoms with van der Waals surface area (Å²) in [6.45, 7) is 10.1. The molecule has 90 valence electrons. The minimum atomic E-state index is -0.319. The zero-order valence-electron chi connectivity index (χ0n) is 9.88. The van der Waals surface area contributed by atoms with Crippen LogP contribution >= 0.6 is 0 Å². The predicted molar refractivity (Wildman–Crippen MR) is 60.3 cm³/mol. The number of hydrogen-bond donors (Lipinski definition) is 0. The van der Waals surface area contributed by atoms with Crippen molar-refractivity contribution in [2.75, 3.05) is 0 Å². The van der Waals surface area contributed by atoms with Crippen LogP contribution in [0.3, 0.4) is 0 Å². The Labute approximate surface area is 95.9 Å². The first-order chi connectivity index (χ1) is 7.41. The molecular weight excluding hydrogens is 208 g/mol. The molecule has 0 aliphatic heterocycles. The van der Waals surface area contributed by atoms with Gasteiger partial charge in [0.25, 0.3) is 0 Å². The van der Waals surface area contributed by atoms with Crippen LogP contribution in [0.4, 0.5) is 0 Å². The Kier molecular flexibility index (Phi) is 6.92. The van der Waals surface area contributed by atoms with E-state index in [9.17, 15) is 9.59 Å². The van der Waals surface area contributed by atoms with Crippen molar-refractivity contribution in [3.05, 3.63) is 24.7 Å². The molecule has 0 aromatic carbocycles. The van der Waals surface area contributed by atoms with E-state index in [2.05, 4.69) is 13.2 Å². The van der Waals surface area contributed by atoms with E-state index in [-0.39, 0.29) is 24.8 Å². The zero-order valence-corrected chi connectivity index (χ0v) is 9.88. The molecule has 0 rings (SSSR count). The van der Waals surface area contributed by atoms with Crippen LogP contribution in [-0.4, -0.2) is 11.9 Å². The molecule has 4 nitrogen and oxygen atoms in total. The summed E-state index contributed by atoms with van der Waals surface area (Å²) in [7, 11) is 0. The van der Waals surface area contributed by atoms with Gasteiger partial charge in [0.2, 0.25) is 0 Å². The van der Waals surface area contributed by atoms with E-state index in [4.69, 9.17) is 9.47 Å². The van der Waals surface area contributed by atoms with Crippen LogP contribution in [0.2, 0.25) is 0 Å². The monoisotopic (exact) mass is 226 g/mol. The molecule has 0 aliphatic rings. The summed E-state index contributed by atoms with van der Waals surface area (Å²) in [6, 6.07) is 0. The van der Waals surface area contributed by atoms with Crippen molar-refractivity contribution in [2.45, 2.75) is 39.5 Å². The SMILES string of the molecule is C=C(C)OC(=O)CCCCC(=O)OC(=C)C. The second kappa shape index (κ2) is 7.68. The fourth-order valence-electron chi connectivity index (χ4n) is 1.03. The number of carbonyl (C=O) groups excluding carboxylic acids is 2. The standard InChI is InChI=1S/C12H18O4/c1-9(2)15-11(13)7-5-6-8-12(14)16-10(3)4/h1,3,5-8H2,2,4H3. The number of esters is 2. The van der Waals surface area contributed by atoms with Gasteiger partial charge in [0.15, 0.2) is 0 Å². The second-order valence-electron chi connectivity index (χ2n) is 3.56. The summed E-state index contributed by atoms with van der Waals surface area (Å²) in [5.74, 6) is 0.125. The van der Waals surface area contributed by atoms with Crippen molar-refractivity contribution in [3.8, 4) is 0 Å². The van der Waals surface area contributed by atoms with Crippen LogP contribution in [0.1, 0.15) is 39.5 Å². The first kappa shape index (κ1) is 14.4. The van der Waals surface area contributed by atoms with Gasteiger partial charge in [-0.15, -0.1) is 0 Å². The van der Waals surface area contributed by atoms with Gasteiger partial charge in [0.05, 0.1) is 11.5 Å². The van der Waals surface area contributed by atoms with Crippen LogP contribution in [-0.2, 0) is 19.1 Å². The Morgan fingerprint density at radius 3 is 1.44 bits per heavy atom. The summed E-state index contributed by atoms with van der Waals surface area (Å²) < 4.78 is 9.52. The van der Waals surface area contributed by atoms with Crippen LogP contribution < -0.4 is 0 Å². The molecule has 4 heteroatoms. The average Bonchev–Trinajstić information content (AvgIpc) is 2.10. The van der Waals surface area contributed by atoms with E-state index >= 15 is 0 Å². The minimum absolute atomic E-state index is 0.285. The molecular formula is C12H18O4. The highest BCUT2D eigenvalue weighted by Crippen LogP contribution is 2.05. The van der Waals surface area contributed by atoms with Gasteiger partial charge < -0.3 is 9.47 Å². The molecule has 0 heterocycles. The second-order valence-corrected chi connectivity index (χ2v) is 3.56. The number of allylic oxidation sites excluding steroid dienone is 2. The molecule has 0 spiro atoms. The van der Waals surface area contributed by atoms with Crippen molar-refractivity contribution >= 4 is 11.9 Å². The minimum Gasteiger partial charge on any atom is -0.432 e.